The van der Waals surface area contributed by atoms with Crippen molar-refractivity contribution in [1.82, 2.24) is 0 Å². The molecule has 0 spiro atoms. The van der Waals surface area contributed by atoms with E-state index in [1.54, 1.807) is 0 Å². The third-order valence-corrected chi connectivity index (χ3v) is 3.03. The summed E-state index contributed by atoms with van der Waals surface area (Å²) < 4.78 is 26.7. The maximum absolute atomic E-state index is 10.4. The van der Waals surface area contributed by atoms with Crippen molar-refractivity contribution in [2.24, 2.45) is 0 Å². The molecule has 0 aromatic carbocycles. The maximum Gasteiger partial charge on any atom is 0.404 e. The SMILES string of the molecule is O=S1(=O)OC(Cl)C(Cl)(Cl)O1. The summed E-state index contributed by atoms with van der Waals surface area (Å²) >= 11 is 15.6. The molecule has 60 valence electrons. The van der Waals surface area contributed by atoms with Gasteiger partial charge in [-0.05, 0) is 0 Å². The van der Waals surface area contributed by atoms with E-state index in [9.17, 15) is 8.42 Å². The van der Waals surface area contributed by atoms with Crippen LogP contribution < -0.4 is 0 Å². The van der Waals surface area contributed by atoms with Gasteiger partial charge in [-0.3, -0.25) is 0 Å². The fourth-order valence-corrected chi connectivity index (χ4v) is 2.12. The smallest absolute Gasteiger partial charge is 0.222 e. The molecule has 4 nitrogen and oxygen atoms in total. The topological polar surface area (TPSA) is 52.6 Å². The van der Waals surface area contributed by atoms with Gasteiger partial charge < -0.3 is 0 Å². The lowest BCUT2D eigenvalue weighted by atomic mass is 10.8. The summed E-state index contributed by atoms with van der Waals surface area (Å²) in [6.45, 7) is 0. The molecule has 0 aromatic heterocycles. The fraction of sp³-hybridized carbons (Fsp3) is 1.00. The summed E-state index contributed by atoms with van der Waals surface area (Å²) in [6, 6.07) is 0. The van der Waals surface area contributed by atoms with E-state index in [1.165, 1.54) is 0 Å². The summed E-state index contributed by atoms with van der Waals surface area (Å²) in [5.41, 5.74) is -1.40. The third-order valence-electron chi connectivity index (χ3n) is 0.680. The van der Waals surface area contributed by atoms with Crippen LogP contribution in [-0.4, -0.2) is 18.5 Å². The highest BCUT2D eigenvalue weighted by molar-refractivity contribution is 7.82. The van der Waals surface area contributed by atoms with Crippen LogP contribution in [0.3, 0.4) is 0 Å². The predicted octanol–water partition coefficient (Wildman–Crippen LogP) is 0.974. The van der Waals surface area contributed by atoms with Gasteiger partial charge in [0.1, 0.15) is 0 Å². The van der Waals surface area contributed by atoms with E-state index >= 15 is 0 Å². The van der Waals surface area contributed by atoms with Crippen molar-refractivity contribution in [3.8, 4) is 0 Å². The molecular weight excluding hydrogens is 226 g/mol. The van der Waals surface area contributed by atoms with Crippen molar-refractivity contribution in [2.45, 2.75) is 10.1 Å². The van der Waals surface area contributed by atoms with Crippen LogP contribution in [0.25, 0.3) is 0 Å². The number of hydrogen-bond donors (Lipinski definition) is 0. The second kappa shape index (κ2) is 2.36. The molecule has 1 saturated heterocycles. The quantitative estimate of drug-likeness (QED) is 0.579. The van der Waals surface area contributed by atoms with Gasteiger partial charge in [-0.2, -0.15) is 8.42 Å². The molecule has 1 atom stereocenters. The molecule has 1 fully saturated rings. The van der Waals surface area contributed by atoms with Crippen LogP contribution in [0.5, 0.6) is 0 Å². The highest BCUT2D eigenvalue weighted by Crippen LogP contribution is 2.40. The van der Waals surface area contributed by atoms with Gasteiger partial charge in [0.15, 0.2) is 0 Å². The van der Waals surface area contributed by atoms with Gasteiger partial charge in [-0.25, -0.2) is 8.37 Å². The lowest BCUT2D eigenvalue weighted by Gasteiger charge is -2.07. The second-order valence-electron chi connectivity index (χ2n) is 1.47. The first kappa shape index (κ1) is 8.83. The van der Waals surface area contributed by atoms with E-state index in [2.05, 4.69) is 8.37 Å². The molecule has 1 rings (SSSR count). The molecule has 0 saturated carbocycles. The second-order valence-corrected chi connectivity index (χ2v) is 4.35. The molecule has 0 amide bonds. The van der Waals surface area contributed by atoms with Gasteiger partial charge in [0.25, 0.3) is 4.52 Å². The molecule has 0 bridgehead atoms. The van der Waals surface area contributed by atoms with Gasteiger partial charge in [0.05, 0.1) is 0 Å². The minimum Gasteiger partial charge on any atom is -0.222 e. The molecule has 0 N–H and O–H groups in total. The van der Waals surface area contributed by atoms with Crippen LogP contribution in [0.4, 0.5) is 0 Å². The van der Waals surface area contributed by atoms with Gasteiger partial charge in [0, 0.05) is 0 Å². The molecule has 1 aliphatic heterocycles. The minimum absolute atomic E-state index is 1.40. The summed E-state index contributed by atoms with van der Waals surface area (Å²) in [5, 5.41) is 0. The maximum atomic E-state index is 10.4. The van der Waals surface area contributed by atoms with E-state index in [0.717, 1.165) is 0 Å². The Morgan fingerprint density at radius 2 is 1.90 bits per heavy atom. The molecule has 1 heterocycles. The molecule has 0 aliphatic carbocycles. The summed E-state index contributed by atoms with van der Waals surface area (Å²) in [5.74, 6) is 0. The van der Waals surface area contributed by atoms with Crippen LogP contribution >= 0.6 is 34.8 Å². The minimum atomic E-state index is -4.10. The highest BCUT2D eigenvalue weighted by Gasteiger charge is 2.50. The average Bonchev–Trinajstić information content (AvgIpc) is 1.73. The van der Waals surface area contributed by atoms with Gasteiger partial charge in [0.2, 0.25) is 5.56 Å². The number of halogens is 3. The molecule has 0 aromatic rings. The Bertz CT molecular complexity index is 233. The van der Waals surface area contributed by atoms with Crippen molar-refractivity contribution in [1.29, 1.82) is 0 Å². The van der Waals surface area contributed by atoms with Crippen molar-refractivity contribution in [3.63, 3.8) is 0 Å². The molecule has 10 heavy (non-hydrogen) atoms. The summed E-state index contributed by atoms with van der Waals surface area (Å²) in [6.07, 6.45) is 0. The molecular formula is C2HCl3O4S. The predicted molar refractivity (Wildman–Crippen MR) is 35.2 cm³/mol. The normalized spacial score (nSPS) is 36.1. The highest BCUT2D eigenvalue weighted by atomic mass is 35.5. The fourth-order valence-electron chi connectivity index (χ4n) is 0.353. The first-order valence-corrected chi connectivity index (χ1v) is 4.52. The van der Waals surface area contributed by atoms with Gasteiger partial charge in [-0.15, -0.1) is 0 Å². The lowest BCUT2D eigenvalue weighted by Crippen LogP contribution is -2.21. The zero-order valence-corrected chi connectivity index (χ0v) is 7.34. The number of alkyl halides is 3. The Kier molecular flexibility index (Phi) is 2.09. The van der Waals surface area contributed by atoms with E-state index < -0.39 is 20.5 Å². The van der Waals surface area contributed by atoms with Crippen molar-refractivity contribution in [3.05, 3.63) is 0 Å². The van der Waals surface area contributed by atoms with E-state index in [4.69, 9.17) is 34.8 Å². The van der Waals surface area contributed by atoms with Crippen molar-refractivity contribution in [2.75, 3.05) is 0 Å². The van der Waals surface area contributed by atoms with Crippen LogP contribution in [0.1, 0.15) is 0 Å². The van der Waals surface area contributed by atoms with Gasteiger partial charge in [-0.1, -0.05) is 34.8 Å². The van der Waals surface area contributed by atoms with E-state index in [1.807, 2.05) is 0 Å². The largest absolute Gasteiger partial charge is 0.404 e. The number of hydrogen-bond acceptors (Lipinski definition) is 4. The first-order chi connectivity index (χ1) is 4.33. The number of rotatable bonds is 0. The Hall–Kier alpha value is 0.740. The summed E-state index contributed by atoms with van der Waals surface area (Å²) in [7, 11) is -4.10. The van der Waals surface area contributed by atoms with Crippen LogP contribution in [0.2, 0.25) is 0 Å². The third kappa shape index (κ3) is 1.66. The van der Waals surface area contributed by atoms with Crippen LogP contribution in [0.15, 0.2) is 0 Å². The Morgan fingerprint density at radius 3 is 2.00 bits per heavy atom. The zero-order valence-electron chi connectivity index (χ0n) is 4.25. The Balaban J connectivity index is 2.92. The lowest BCUT2D eigenvalue weighted by molar-refractivity contribution is 0.254. The zero-order chi connectivity index (χ0) is 7.99. The van der Waals surface area contributed by atoms with Crippen LogP contribution in [-0.2, 0) is 18.8 Å². The van der Waals surface area contributed by atoms with Crippen molar-refractivity contribution < 1.29 is 16.8 Å². The van der Waals surface area contributed by atoms with Gasteiger partial charge >= 0.3 is 10.4 Å². The summed E-state index contributed by atoms with van der Waals surface area (Å²) in [4.78, 5) is 0. The molecule has 1 aliphatic rings. The van der Waals surface area contributed by atoms with E-state index in [0.29, 0.717) is 0 Å². The molecule has 8 heteroatoms. The Labute approximate surface area is 72.3 Å². The van der Waals surface area contributed by atoms with Crippen molar-refractivity contribution >= 4 is 45.2 Å². The first-order valence-electron chi connectivity index (χ1n) is 1.99. The van der Waals surface area contributed by atoms with Crippen LogP contribution in [0, 0.1) is 0 Å². The average molecular weight is 227 g/mol. The Morgan fingerprint density at radius 1 is 1.40 bits per heavy atom. The monoisotopic (exact) mass is 226 g/mol. The van der Waals surface area contributed by atoms with E-state index in [-0.39, 0.29) is 0 Å². The molecule has 0 radical (unpaired) electrons. The molecule has 1 unspecified atom stereocenters. The standard InChI is InChI=1S/C2HCl3O4S/c3-1-2(4,5)9-10(6,7)8-1/h1H.